The Morgan fingerprint density at radius 3 is 2.80 bits per heavy atom. The molecule has 2 heteroatoms. The van der Waals surface area contributed by atoms with Crippen molar-refractivity contribution in [2.45, 2.75) is 32.6 Å². The van der Waals surface area contributed by atoms with Gasteiger partial charge in [0.2, 0.25) is 0 Å². The fourth-order valence-electron chi connectivity index (χ4n) is 0.652. The Morgan fingerprint density at radius 2 is 2.30 bits per heavy atom. The molecule has 0 spiro atoms. The van der Waals surface area contributed by atoms with Crippen LogP contribution in [0, 0.1) is 0 Å². The lowest BCUT2D eigenvalue weighted by Crippen LogP contribution is -1.93. The van der Waals surface area contributed by atoms with Gasteiger partial charge in [-0.05, 0) is 10.5 Å². The predicted octanol–water partition coefficient (Wildman–Crippen LogP) is 3.08. The summed E-state index contributed by atoms with van der Waals surface area (Å²) in [6.07, 6.45) is 5.41. The molecule has 0 aliphatic carbocycles. The van der Waals surface area contributed by atoms with E-state index in [-0.39, 0.29) is 0 Å². The number of carbonyl (C=O) groups is 1. The van der Waals surface area contributed by atoms with Crippen molar-refractivity contribution in [3.05, 3.63) is 10.2 Å². The maximum atomic E-state index is 10.9. The van der Waals surface area contributed by atoms with Crippen LogP contribution >= 0.6 is 22.6 Å². The second kappa shape index (κ2) is 7.25. The molecule has 0 aliphatic rings. The van der Waals surface area contributed by atoms with E-state index < -0.39 is 0 Å². The molecule has 0 fully saturated rings. The van der Waals surface area contributed by atoms with E-state index in [2.05, 4.69) is 29.5 Å². The monoisotopic (exact) mass is 252 g/mol. The number of hydrogen-bond acceptors (Lipinski definition) is 1. The second-order valence-electron chi connectivity index (χ2n) is 2.21. The summed E-state index contributed by atoms with van der Waals surface area (Å²) in [5, 5.41) is 0. The molecule has 0 rings (SSSR count). The lowest BCUT2D eigenvalue weighted by Gasteiger charge is -1.92. The van der Waals surface area contributed by atoms with E-state index in [0.29, 0.717) is 12.2 Å². The van der Waals surface area contributed by atoms with Crippen molar-refractivity contribution in [2.75, 3.05) is 0 Å². The Hall–Kier alpha value is 0.140. The normalized spacial score (nSPS) is 10.6. The standard InChI is InChI=1S/C8H13IO/c1-2-3-5-8(10)6-4-7-9/h4,7H,2-3,5-6H2,1H3. The minimum atomic E-state index is 0.356. The van der Waals surface area contributed by atoms with Gasteiger partial charge < -0.3 is 0 Å². The molecule has 0 aromatic heterocycles. The van der Waals surface area contributed by atoms with Gasteiger partial charge in [-0.25, -0.2) is 0 Å². The largest absolute Gasteiger partial charge is 0.299 e. The summed E-state index contributed by atoms with van der Waals surface area (Å²) < 4.78 is 1.89. The quantitative estimate of drug-likeness (QED) is 0.687. The number of unbranched alkanes of at least 4 members (excludes halogenated alkanes) is 1. The highest BCUT2D eigenvalue weighted by Crippen LogP contribution is 1.99. The van der Waals surface area contributed by atoms with Crippen LogP contribution < -0.4 is 0 Å². The fourth-order valence-corrected chi connectivity index (χ4v) is 0.906. The van der Waals surface area contributed by atoms with Crippen molar-refractivity contribution in [3.63, 3.8) is 0 Å². The van der Waals surface area contributed by atoms with Gasteiger partial charge in [-0.15, -0.1) is 0 Å². The Kier molecular flexibility index (Phi) is 7.35. The van der Waals surface area contributed by atoms with Crippen LogP contribution in [0.4, 0.5) is 0 Å². The number of allylic oxidation sites excluding steroid dienone is 1. The van der Waals surface area contributed by atoms with Gasteiger partial charge in [-0.2, -0.15) is 0 Å². The van der Waals surface area contributed by atoms with Crippen molar-refractivity contribution >= 4 is 28.4 Å². The molecular weight excluding hydrogens is 239 g/mol. The van der Waals surface area contributed by atoms with Crippen molar-refractivity contribution in [1.29, 1.82) is 0 Å². The minimum Gasteiger partial charge on any atom is -0.299 e. The van der Waals surface area contributed by atoms with E-state index in [1.807, 2.05) is 10.2 Å². The van der Waals surface area contributed by atoms with E-state index in [0.717, 1.165) is 19.3 Å². The highest BCUT2D eigenvalue weighted by Gasteiger charge is 1.95. The van der Waals surface area contributed by atoms with Crippen LogP contribution in [-0.2, 0) is 4.79 Å². The first-order valence-electron chi connectivity index (χ1n) is 3.58. The third-order valence-electron chi connectivity index (χ3n) is 1.24. The van der Waals surface area contributed by atoms with Crippen molar-refractivity contribution in [3.8, 4) is 0 Å². The van der Waals surface area contributed by atoms with Crippen LogP contribution in [-0.4, -0.2) is 5.78 Å². The number of ketones is 1. The highest BCUT2D eigenvalue weighted by molar-refractivity contribution is 14.1. The molecule has 1 nitrogen and oxygen atoms in total. The van der Waals surface area contributed by atoms with E-state index in [4.69, 9.17) is 0 Å². The number of hydrogen-bond donors (Lipinski definition) is 0. The van der Waals surface area contributed by atoms with Crippen LogP contribution in [0.1, 0.15) is 32.6 Å². The van der Waals surface area contributed by atoms with E-state index in [9.17, 15) is 4.79 Å². The van der Waals surface area contributed by atoms with Crippen LogP contribution in [0.25, 0.3) is 0 Å². The van der Waals surface area contributed by atoms with E-state index in [1.54, 1.807) is 0 Å². The average molecular weight is 252 g/mol. The zero-order valence-electron chi connectivity index (χ0n) is 6.27. The van der Waals surface area contributed by atoms with Crippen molar-refractivity contribution in [1.82, 2.24) is 0 Å². The maximum Gasteiger partial charge on any atom is 0.136 e. The van der Waals surface area contributed by atoms with Crippen LogP contribution in [0.2, 0.25) is 0 Å². The Morgan fingerprint density at radius 1 is 1.60 bits per heavy atom. The smallest absolute Gasteiger partial charge is 0.136 e. The predicted molar refractivity (Wildman–Crippen MR) is 52.3 cm³/mol. The molecule has 0 saturated carbocycles. The first-order valence-corrected chi connectivity index (χ1v) is 4.82. The molecule has 58 valence electrons. The topological polar surface area (TPSA) is 17.1 Å². The van der Waals surface area contributed by atoms with Gasteiger partial charge in [-0.1, -0.05) is 42.0 Å². The Bertz CT molecular complexity index is 118. The van der Waals surface area contributed by atoms with Crippen LogP contribution in [0.15, 0.2) is 10.2 Å². The molecule has 0 unspecified atom stereocenters. The maximum absolute atomic E-state index is 10.9. The number of rotatable bonds is 5. The van der Waals surface area contributed by atoms with Crippen molar-refractivity contribution in [2.24, 2.45) is 0 Å². The lowest BCUT2D eigenvalue weighted by molar-refractivity contribution is -0.118. The lowest BCUT2D eigenvalue weighted by atomic mass is 10.1. The van der Waals surface area contributed by atoms with Gasteiger partial charge in [0.1, 0.15) is 5.78 Å². The van der Waals surface area contributed by atoms with Gasteiger partial charge in [0, 0.05) is 12.8 Å². The summed E-state index contributed by atoms with van der Waals surface area (Å²) in [7, 11) is 0. The Labute approximate surface area is 76.0 Å². The fraction of sp³-hybridized carbons (Fsp3) is 0.625. The zero-order valence-corrected chi connectivity index (χ0v) is 8.43. The van der Waals surface area contributed by atoms with Crippen LogP contribution in [0.5, 0.6) is 0 Å². The van der Waals surface area contributed by atoms with Gasteiger partial charge in [0.15, 0.2) is 0 Å². The highest BCUT2D eigenvalue weighted by atomic mass is 127. The number of Topliss-reactive ketones (excluding diaryl/α,β-unsaturated/α-hetero) is 1. The van der Waals surface area contributed by atoms with Crippen LogP contribution in [0.3, 0.4) is 0 Å². The van der Waals surface area contributed by atoms with E-state index in [1.165, 1.54) is 0 Å². The molecule has 0 aromatic rings. The molecule has 0 radical (unpaired) electrons. The van der Waals surface area contributed by atoms with Crippen molar-refractivity contribution < 1.29 is 4.79 Å². The molecule has 0 saturated heterocycles. The number of halogens is 1. The molecule has 0 N–H and O–H groups in total. The van der Waals surface area contributed by atoms with E-state index >= 15 is 0 Å². The second-order valence-corrected chi connectivity index (χ2v) is 2.93. The molecule has 0 atom stereocenters. The van der Waals surface area contributed by atoms with Gasteiger partial charge >= 0.3 is 0 Å². The molecule has 0 aromatic carbocycles. The summed E-state index contributed by atoms with van der Waals surface area (Å²) >= 11 is 2.13. The third kappa shape index (κ3) is 6.26. The summed E-state index contributed by atoms with van der Waals surface area (Å²) in [4.78, 5) is 10.9. The molecular formula is C8H13IO. The molecule has 0 amide bonds. The van der Waals surface area contributed by atoms with Gasteiger partial charge in [-0.3, -0.25) is 4.79 Å². The SMILES string of the molecule is CCCCC(=O)CC=CI. The first-order chi connectivity index (χ1) is 4.81. The zero-order chi connectivity index (χ0) is 7.82. The number of carbonyl (C=O) groups excluding carboxylic acids is 1. The molecule has 0 heterocycles. The Balaban J connectivity index is 3.25. The summed E-state index contributed by atoms with van der Waals surface area (Å²) in [5.41, 5.74) is 0. The molecule has 10 heavy (non-hydrogen) atoms. The third-order valence-corrected chi connectivity index (χ3v) is 1.75. The first kappa shape index (κ1) is 10.1. The summed E-state index contributed by atoms with van der Waals surface area (Å²) in [5.74, 6) is 0.356. The molecule has 0 aliphatic heterocycles. The summed E-state index contributed by atoms with van der Waals surface area (Å²) in [6, 6.07) is 0. The minimum absolute atomic E-state index is 0.356. The van der Waals surface area contributed by atoms with Gasteiger partial charge in [0.05, 0.1) is 0 Å². The molecule has 0 bridgehead atoms. The average Bonchev–Trinajstić information content (AvgIpc) is 1.97. The summed E-state index contributed by atoms with van der Waals surface area (Å²) in [6.45, 7) is 2.10. The van der Waals surface area contributed by atoms with Gasteiger partial charge in [0.25, 0.3) is 0 Å².